The van der Waals surface area contributed by atoms with Crippen molar-refractivity contribution in [3.8, 4) is 0 Å². The van der Waals surface area contributed by atoms with Gasteiger partial charge in [0.25, 0.3) is 0 Å². The first kappa shape index (κ1) is 13.7. The van der Waals surface area contributed by atoms with Crippen LogP contribution in [0.3, 0.4) is 0 Å². The van der Waals surface area contributed by atoms with Crippen molar-refractivity contribution in [2.75, 3.05) is 19.6 Å². The van der Waals surface area contributed by atoms with Crippen LogP contribution in [-0.2, 0) is 15.8 Å². The molecule has 0 N–H and O–H groups in total. The van der Waals surface area contributed by atoms with Crippen LogP contribution >= 0.6 is 17.7 Å². The van der Waals surface area contributed by atoms with Crippen LogP contribution in [0.2, 0.25) is 0 Å². The second-order valence-electron chi connectivity index (χ2n) is 4.10. The predicted octanol–water partition coefficient (Wildman–Crippen LogP) is 2.67. The molecular formula is C11H15ClN5O2P. The number of nitrogens with zero attached hydrogens (tertiary/aromatic N) is 5. The molecular weight excluding hydrogens is 301 g/mol. The topological polar surface area (TPSA) is 82.3 Å². The predicted molar refractivity (Wildman–Crippen MR) is 79.4 cm³/mol. The molecule has 2 aromatic rings. The number of aryl methyl sites for hydroxylation is 1. The van der Waals surface area contributed by atoms with E-state index < -0.39 is 13.1 Å². The molecule has 0 bridgehead atoms. The zero-order valence-electron chi connectivity index (χ0n) is 12.1. The second-order valence-corrected chi connectivity index (χ2v) is 8.48. The maximum atomic E-state index is 11.4. The summed E-state index contributed by atoms with van der Waals surface area (Å²) < 4.78 is 26.0. The Morgan fingerprint density at radius 3 is 3.10 bits per heavy atom. The summed E-state index contributed by atoms with van der Waals surface area (Å²) in [5, 5.41) is 0. The van der Waals surface area contributed by atoms with Gasteiger partial charge in [0.1, 0.15) is 12.7 Å². The number of aliphatic imine (C=N–C) groups is 1. The maximum absolute atomic E-state index is 11.4. The Morgan fingerprint density at radius 2 is 2.40 bits per heavy atom. The quantitative estimate of drug-likeness (QED) is 0.604. The van der Waals surface area contributed by atoms with Gasteiger partial charge in [-0.25, -0.2) is 19.9 Å². The highest BCUT2D eigenvalue weighted by Gasteiger charge is 2.11. The molecule has 9 heteroatoms. The van der Waals surface area contributed by atoms with Gasteiger partial charge in [0.15, 0.2) is 23.5 Å². The Balaban J connectivity index is 2.16. The van der Waals surface area contributed by atoms with Crippen LogP contribution in [0.15, 0.2) is 17.6 Å². The Morgan fingerprint density at radius 1 is 1.60 bits per heavy atom. The molecule has 2 rings (SSSR count). The van der Waals surface area contributed by atoms with Gasteiger partial charge in [-0.05, 0) is 6.92 Å². The molecule has 0 fully saturated rings. The number of aromatic nitrogens is 4. The van der Waals surface area contributed by atoms with Crippen LogP contribution in [-0.4, -0.2) is 45.3 Å². The lowest BCUT2D eigenvalue weighted by Crippen LogP contribution is -2.06. The van der Waals surface area contributed by atoms with Gasteiger partial charge in [-0.15, -0.1) is 0 Å². The van der Waals surface area contributed by atoms with Crippen LogP contribution in [0, 0.1) is 0 Å². The summed E-state index contributed by atoms with van der Waals surface area (Å²) in [4.78, 5) is 16.5. The van der Waals surface area contributed by atoms with Crippen LogP contribution in [0.5, 0.6) is 0 Å². The molecule has 0 saturated carbocycles. The fraction of sp³-hybridized carbons (Fsp3) is 0.455. The Bertz CT molecular complexity index is 701. The molecule has 2 heterocycles. The molecule has 2 unspecified atom stereocenters. The zero-order chi connectivity index (χ0) is 15.5. The second kappa shape index (κ2) is 6.43. The Kier molecular flexibility index (Phi) is 4.40. The van der Waals surface area contributed by atoms with Gasteiger partial charge in [-0.3, -0.25) is 0 Å². The highest BCUT2D eigenvalue weighted by atomic mass is 35.7. The largest absolute Gasteiger partial charge is 0.371 e. The summed E-state index contributed by atoms with van der Waals surface area (Å²) in [6, 6.07) is 0. The van der Waals surface area contributed by atoms with Crippen LogP contribution in [0.25, 0.3) is 11.2 Å². The third-order valence-corrected chi connectivity index (χ3v) is 3.23. The normalized spacial score (nSPS) is 17.2. The van der Waals surface area contributed by atoms with Gasteiger partial charge in [0, 0.05) is 19.4 Å². The number of fused-ring (bicyclic) bond motifs is 1. The summed E-state index contributed by atoms with van der Waals surface area (Å²) in [6.45, 7) is -0.350. The van der Waals surface area contributed by atoms with Gasteiger partial charge in [-0.1, -0.05) is 11.2 Å². The molecule has 0 radical (unpaired) electrons. The SMILES string of the molecule is [3H]C(Cn1cnc2c(/N=C\C)ncnc21)OCP(C)(=O)Cl. The minimum atomic E-state index is -2.81. The first-order valence-corrected chi connectivity index (χ1v) is 9.09. The fourth-order valence-electron chi connectivity index (χ4n) is 1.54. The molecule has 7 nitrogen and oxygen atoms in total. The Labute approximate surface area is 122 Å². The van der Waals surface area contributed by atoms with Crippen molar-refractivity contribution >= 4 is 40.9 Å². The molecule has 0 amide bonds. The summed E-state index contributed by atoms with van der Waals surface area (Å²) in [5.41, 5.74) is 1.12. The minimum absolute atomic E-state index is 0.143. The van der Waals surface area contributed by atoms with Crippen molar-refractivity contribution < 1.29 is 10.7 Å². The van der Waals surface area contributed by atoms with Crippen molar-refractivity contribution in [2.45, 2.75) is 13.5 Å². The first-order valence-electron chi connectivity index (χ1n) is 6.43. The lowest BCUT2D eigenvalue weighted by molar-refractivity contribution is 0.168. The average Bonchev–Trinajstić information content (AvgIpc) is 2.81. The molecule has 0 aliphatic carbocycles. The van der Waals surface area contributed by atoms with Crippen molar-refractivity contribution in [1.82, 2.24) is 19.5 Å². The standard InChI is InChI=1S/C11H15ClN5O2P/c1-3-13-10-9-11(15-6-14-10)17(7-16-9)4-5-19-8-20(2,12)18/h3,6-7H,4-5,8H2,1-2H3/b13-3-/i5T. The first-order chi connectivity index (χ1) is 9.90. The van der Waals surface area contributed by atoms with Crippen LogP contribution in [0.1, 0.15) is 8.29 Å². The number of rotatable bonds is 6. The number of hydrogen-bond acceptors (Lipinski definition) is 6. The summed E-state index contributed by atoms with van der Waals surface area (Å²) >= 11 is 5.60. The number of ether oxygens (including phenoxy) is 1. The monoisotopic (exact) mass is 317 g/mol. The number of halogens is 1. The van der Waals surface area contributed by atoms with E-state index in [2.05, 4.69) is 19.9 Å². The van der Waals surface area contributed by atoms with E-state index in [1.807, 2.05) is 0 Å². The minimum Gasteiger partial charge on any atom is -0.371 e. The summed E-state index contributed by atoms with van der Waals surface area (Å²) in [5.74, 6) is 0.475. The van der Waals surface area contributed by atoms with Gasteiger partial charge in [0.2, 0.25) is 0 Å². The smallest absolute Gasteiger partial charge is 0.190 e. The van der Waals surface area contributed by atoms with Crippen molar-refractivity contribution in [2.24, 2.45) is 4.99 Å². The molecule has 0 aromatic carbocycles. The number of imidazole rings is 1. The van der Waals surface area contributed by atoms with Gasteiger partial charge >= 0.3 is 0 Å². The summed E-state index contributed by atoms with van der Waals surface area (Å²) in [6.07, 6.45) is 4.42. The molecule has 2 atom stereocenters. The van der Waals surface area contributed by atoms with E-state index in [1.165, 1.54) is 13.0 Å². The zero-order valence-corrected chi connectivity index (χ0v) is 12.8. The molecule has 108 valence electrons. The van der Waals surface area contributed by atoms with E-state index >= 15 is 0 Å². The van der Waals surface area contributed by atoms with Crippen molar-refractivity contribution in [3.05, 3.63) is 12.7 Å². The third-order valence-electron chi connectivity index (χ3n) is 2.33. The van der Waals surface area contributed by atoms with E-state index in [4.69, 9.17) is 17.3 Å². The van der Waals surface area contributed by atoms with E-state index in [9.17, 15) is 4.57 Å². The third kappa shape index (κ3) is 3.85. The van der Waals surface area contributed by atoms with Crippen LogP contribution < -0.4 is 0 Å². The highest BCUT2D eigenvalue weighted by Crippen LogP contribution is 2.46. The highest BCUT2D eigenvalue weighted by molar-refractivity contribution is 7.88. The maximum Gasteiger partial charge on any atom is 0.190 e. The van der Waals surface area contributed by atoms with E-state index in [1.54, 1.807) is 24.0 Å². The molecule has 0 aliphatic heterocycles. The molecule has 0 spiro atoms. The van der Waals surface area contributed by atoms with Gasteiger partial charge < -0.3 is 13.9 Å². The Hall–Kier alpha value is -1.30. The molecule has 20 heavy (non-hydrogen) atoms. The molecule has 2 aromatic heterocycles. The van der Waals surface area contributed by atoms with E-state index in [0.29, 0.717) is 17.0 Å². The van der Waals surface area contributed by atoms with Crippen molar-refractivity contribution in [3.63, 3.8) is 0 Å². The van der Waals surface area contributed by atoms with Crippen molar-refractivity contribution in [1.29, 1.82) is 0 Å². The average molecular weight is 318 g/mol. The fourth-order valence-corrected chi connectivity index (χ4v) is 2.08. The van der Waals surface area contributed by atoms with E-state index in [-0.39, 0.29) is 12.9 Å². The number of hydrogen-bond donors (Lipinski definition) is 0. The van der Waals surface area contributed by atoms with Gasteiger partial charge in [-0.2, -0.15) is 0 Å². The van der Waals surface area contributed by atoms with Crippen LogP contribution in [0.4, 0.5) is 5.82 Å². The van der Waals surface area contributed by atoms with E-state index in [0.717, 1.165) is 0 Å². The molecule has 0 aliphatic rings. The lowest BCUT2D eigenvalue weighted by Gasteiger charge is -2.07. The molecule has 0 saturated heterocycles. The summed E-state index contributed by atoms with van der Waals surface area (Å²) in [7, 11) is 0. The lowest BCUT2D eigenvalue weighted by atomic mass is 10.5. The van der Waals surface area contributed by atoms with Gasteiger partial charge in [0.05, 0.1) is 14.3 Å².